The van der Waals surface area contributed by atoms with Crippen molar-refractivity contribution in [3.8, 4) is 0 Å². The first-order chi connectivity index (χ1) is 11.6. The standard InChI is InChI=1S/C16H16N4O4/c21-15(20-6-7-24-10-13(20)16(22)23)11-2-1-3-12(8-11)19-14-9-17-4-5-18-14/h1-5,8-9,13H,6-7,10H2,(H,18,19)(H,22,23). The van der Waals surface area contributed by atoms with Crippen LogP contribution in [0.15, 0.2) is 42.9 Å². The maximum atomic E-state index is 12.7. The molecule has 1 atom stereocenters. The molecule has 1 aliphatic rings. The van der Waals surface area contributed by atoms with E-state index in [2.05, 4.69) is 15.3 Å². The number of aliphatic carboxylic acids is 1. The van der Waals surface area contributed by atoms with Gasteiger partial charge in [-0.25, -0.2) is 9.78 Å². The fourth-order valence-electron chi connectivity index (χ4n) is 2.46. The summed E-state index contributed by atoms with van der Waals surface area (Å²) in [6.45, 7) is 0.573. The highest BCUT2D eigenvalue weighted by Gasteiger charge is 2.33. The van der Waals surface area contributed by atoms with Crippen molar-refractivity contribution >= 4 is 23.4 Å². The van der Waals surface area contributed by atoms with E-state index in [4.69, 9.17) is 4.74 Å². The number of aromatic nitrogens is 2. The molecule has 1 aliphatic heterocycles. The van der Waals surface area contributed by atoms with Crippen LogP contribution >= 0.6 is 0 Å². The Bertz CT molecular complexity index is 738. The molecule has 8 heteroatoms. The van der Waals surface area contributed by atoms with Crippen molar-refractivity contribution in [3.05, 3.63) is 48.4 Å². The molecule has 0 aliphatic carbocycles. The van der Waals surface area contributed by atoms with E-state index in [1.54, 1.807) is 42.9 Å². The molecule has 1 saturated heterocycles. The number of nitrogens with zero attached hydrogens (tertiary/aromatic N) is 3. The Labute approximate surface area is 138 Å². The molecule has 0 saturated carbocycles. The Kier molecular flexibility index (Phi) is 4.66. The summed E-state index contributed by atoms with van der Waals surface area (Å²) in [5.41, 5.74) is 1.07. The van der Waals surface area contributed by atoms with Crippen LogP contribution in [-0.4, -0.2) is 57.7 Å². The molecular formula is C16H16N4O4. The molecule has 2 heterocycles. The Morgan fingerprint density at radius 2 is 2.21 bits per heavy atom. The van der Waals surface area contributed by atoms with Crippen molar-refractivity contribution in [1.82, 2.24) is 14.9 Å². The molecule has 2 aromatic rings. The molecular weight excluding hydrogens is 312 g/mol. The number of amides is 1. The zero-order valence-electron chi connectivity index (χ0n) is 12.8. The number of hydrogen-bond acceptors (Lipinski definition) is 6. The van der Waals surface area contributed by atoms with Crippen molar-refractivity contribution in [2.75, 3.05) is 25.1 Å². The van der Waals surface area contributed by atoms with Crippen LogP contribution in [0.1, 0.15) is 10.4 Å². The largest absolute Gasteiger partial charge is 0.480 e. The summed E-state index contributed by atoms with van der Waals surface area (Å²) in [5, 5.41) is 12.3. The lowest BCUT2D eigenvalue weighted by atomic mass is 10.1. The Balaban J connectivity index is 1.80. The third-order valence-corrected chi connectivity index (χ3v) is 3.62. The number of rotatable bonds is 4. The van der Waals surface area contributed by atoms with Gasteiger partial charge >= 0.3 is 5.97 Å². The second kappa shape index (κ2) is 7.05. The van der Waals surface area contributed by atoms with E-state index in [1.807, 2.05) is 0 Å². The number of morpholine rings is 1. The predicted molar refractivity (Wildman–Crippen MR) is 85.0 cm³/mol. The van der Waals surface area contributed by atoms with E-state index >= 15 is 0 Å². The molecule has 1 aromatic carbocycles. The molecule has 1 aromatic heterocycles. The van der Waals surface area contributed by atoms with Gasteiger partial charge in [-0.1, -0.05) is 6.07 Å². The van der Waals surface area contributed by atoms with E-state index in [9.17, 15) is 14.7 Å². The maximum Gasteiger partial charge on any atom is 0.328 e. The van der Waals surface area contributed by atoms with Crippen molar-refractivity contribution in [1.29, 1.82) is 0 Å². The van der Waals surface area contributed by atoms with Crippen molar-refractivity contribution in [2.24, 2.45) is 0 Å². The summed E-state index contributed by atoms with van der Waals surface area (Å²) in [5.74, 6) is -0.859. The number of carboxylic acid groups (broad SMARTS) is 1. The zero-order chi connectivity index (χ0) is 16.9. The molecule has 0 radical (unpaired) electrons. The van der Waals surface area contributed by atoms with Gasteiger partial charge in [-0.3, -0.25) is 9.78 Å². The lowest BCUT2D eigenvalue weighted by molar-refractivity contribution is -0.147. The molecule has 2 N–H and O–H groups in total. The maximum absolute atomic E-state index is 12.7. The molecule has 8 nitrogen and oxygen atoms in total. The first kappa shape index (κ1) is 15.9. The van der Waals surface area contributed by atoms with E-state index in [0.717, 1.165) is 0 Å². The Hall–Kier alpha value is -3.00. The fourth-order valence-corrected chi connectivity index (χ4v) is 2.46. The quantitative estimate of drug-likeness (QED) is 0.867. The van der Waals surface area contributed by atoms with Crippen LogP contribution < -0.4 is 5.32 Å². The highest BCUT2D eigenvalue weighted by molar-refractivity contribution is 5.97. The van der Waals surface area contributed by atoms with Crippen LogP contribution in [0.5, 0.6) is 0 Å². The lowest BCUT2D eigenvalue weighted by Crippen LogP contribution is -2.52. The predicted octanol–water partition coefficient (Wildman–Crippen LogP) is 1.15. The molecule has 0 spiro atoms. The van der Waals surface area contributed by atoms with Crippen LogP contribution in [0, 0.1) is 0 Å². The summed E-state index contributed by atoms with van der Waals surface area (Å²) in [6.07, 6.45) is 4.69. The van der Waals surface area contributed by atoms with Crippen LogP contribution in [-0.2, 0) is 9.53 Å². The van der Waals surface area contributed by atoms with Crippen LogP contribution in [0.25, 0.3) is 0 Å². The van der Waals surface area contributed by atoms with Gasteiger partial charge in [0.15, 0.2) is 6.04 Å². The van der Waals surface area contributed by atoms with Crippen LogP contribution in [0.2, 0.25) is 0 Å². The van der Waals surface area contributed by atoms with Crippen LogP contribution in [0.3, 0.4) is 0 Å². The van der Waals surface area contributed by atoms with Gasteiger partial charge in [0, 0.05) is 30.2 Å². The minimum atomic E-state index is -1.07. The minimum Gasteiger partial charge on any atom is -0.480 e. The van der Waals surface area contributed by atoms with Gasteiger partial charge in [-0.2, -0.15) is 0 Å². The van der Waals surface area contributed by atoms with Crippen molar-refractivity contribution in [2.45, 2.75) is 6.04 Å². The first-order valence-electron chi connectivity index (χ1n) is 7.40. The third kappa shape index (κ3) is 3.49. The second-order valence-electron chi connectivity index (χ2n) is 5.22. The Morgan fingerprint density at radius 1 is 1.33 bits per heavy atom. The van der Waals surface area contributed by atoms with Gasteiger partial charge in [0.2, 0.25) is 0 Å². The molecule has 1 unspecified atom stereocenters. The molecule has 1 fully saturated rings. The molecule has 0 bridgehead atoms. The summed E-state index contributed by atoms with van der Waals surface area (Å²) in [6, 6.07) is 5.86. The number of nitrogens with one attached hydrogen (secondary N) is 1. The molecule has 1 amide bonds. The van der Waals surface area contributed by atoms with E-state index in [0.29, 0.717) is 23.7 Å². The van der Waals surface area contributed by atoms with Crippen molar-refractivity contribution < 1.29 is 19.4 Å². The van der Waals surface area contributed by atoms with Crippen molar-refractivity contribution in [3.63, 3.8) is 0 Å². The fraction of sp³-hybridized carbons (Fsp3) is 0.250. The molecule has 124 valence electrons. The number of carbonyl (C=O) groups excluding carboxylic acids is 1. The van der Waals surface area contributed by atoms with E-state index in [-0.39, 0.29) is 19.1 Å². The van der Waals surface area contributed by atoms with Gasteiger partial charge in [0.1, 0.15) is 5.82 Å². The number of hydrogen-bond donors (Lipinski definition) is 2. The zero-order valence-corrected chi connectivity index (χ0v) is 12.8. The van der Waals surface area contributed by atoms with Gasteiger partial charge in [-0.15, -0.1) is 0 Å². The van der Waals surface area contributed by atoms with Crippen LogP contribution in [0.4, 0.5) is 11.5 Å². The summed E-state index contributed by atoms with van der Waals surface area (Å²) < 4.78 is 5.16. The second-order valence-corrected chi connectivity index (χ2v) is 5.22. The normalized spacial score (nSPS) is 17.3. The third-order valence-electron chi connectivity index (χ3n) is 3.62. The lowest BCUT2D eigenvalue weighted by Gasteiger charge is -2.32. The number of benzene rings is 1. The summed E-state index contributed by atoms with van der Waals surface area (Å²) in [7, 11) is 0. The SMILES string of the molecule is O=C(O)C1COCCN1C(=O)c1cccc(Nc2cnccn2)c1. The van der Waals surface area contributed by atoms with E-state index in [1.165, 1.54) is 4.90 Å². The molecule has 24 heavy (non-hydrogen) atoms. The average Bonchev–Trinajstić information content (AvgIpc) is 2.62. The number of ether oxygens (including phenoxy) is 1. The van der Waals surface area contributed by atoms with Gasteiger partial charge in [-0.05, 0) is 18.2 Å². The van der Waals surface area contributed by atoms with E-state index < -0.39 is 12.0 Å². The topological polar surface area (TPSA) is 105 Å². The minimum absolute atomic E-state index is 0.00137. The number of carboxylic acids is 1. The summed E-state index contributed by atoms with van der Waals surface area (Å²) in [4.78, 5) is 33.4. The smallest absolute Gasteiger partial charge is 0.328 e. The first-order valence-corrected chi connectivity index (χ1v) is 7.40. The monoisotopic (exact) mass is 328 g/mol. The van der Waals surface area contributed by atoms with Gasteiger partial charge in [0.05, 0.1) is 19.4 Å². The highest BCUT2D eigenvalue weighted by Crippen LogP contribution is 2.18. The summed E-state index contributed by atoms with van der Waals surface area (Å²) >= 11 is 0. The number of carbonyl (C=O) groups is 2. The average molecular weight is 328 g/mol. The number of anilines is 2. The van der Waals surface area contributed by atoms with Gasteiger partial charge in [0.25, 0.3) is 5.91 Å². The molecule has 3 rings (SSSR count). The highest BCUT2D eigenvalue weighted by atomic mass is 16.5. The Morgan fingerprint density at radius 3 is 2.96 bits per heavy atom. The van der Waals surface area contributed by atoms with Gasteiger partial charge < -0.3 is 20.1 Å².